The van der Waals surface area contributed by atoms with Gasteiger partial charge in [-0.2, -0.15) is 13.2 Å². The molecule has 0 aliphatic carbocycles. The van der Waals surface area contributed by atoms with Crippen molar-refractivity contribution in [2.45, 2.75) is 38.5 Å². The Morgan fingerprint density at radius 3 is 2.52 bits per heavy atom. The van der Waals surface area contributed by atoms with E-state index in [1.807, 2.05) is 11.8 Å². The van der Waals surface area contributed by atoms with Crippen LogP contribution in [0.25, 0.3) is 0 Å². The topological polar surface area (TPSA) is 43.8 Å². The van der Waals surface area contributed by atoms with Gasteiger partial charge in [0.1, 0.15) is 0 Å². The van der Waals surface area contributed by atoms with Crippen LogP contribution >= 0.6 is 11.6 Å². The van der Waals surface area contributed by atoms with E-state index >= 15 is 0 Å². The Labute approximate surface area is 150 Å². The molecule has 0 saturated carbocycles. The van der Waals surface area contributed by atoms with Crippen molar-refractivity contribution in [2.75, 3.05) is 26.2 Å². The second kappa shape index (κ2) is 8.38. The Hall–Kier alpha value is -1.31. The lowest BCUT2D eigenvalue weighted by Crippen LogP contribution is -2.46. The summed E-state index contributed by atoms with van der Waals surface area (Å²) >= 11 is 6.06. The first-order chi connectivity index (χ1) is 11.7. The zero-order valence-corrected chi connectivity index (χ0v) is 14.8. The molecule has 1 aromatic carbocycles. The smallest absolute Gasteiger partial charge is 0.416 e. The summed E-state index contributed by atoms with van der Waals surface area (Å²) in [5, 5.41) is 9.29. The number of nitrogens with zero attached hydrogens (tertiary/aromatic N) is 2. The van der Waals surface area contributed by atoms with Crippen LogP contribution in [0.1, 0.15) is 30.9 Å². The van der Waals surface area contributed by atoms with Crippen LogP contribution in [0.3, 0.4) is 0 Å². The molecule has 0 radical (unpaired) electrons. The average Bonchev–Trinajstić information content (AvgIpc) is 2.54. The van der Waals surface area contributed by atoms with Gasteiger partial charge in [-0.1, -0.05) is 18.5 Å². The number of piperidine rings is 1. The highest BCUT2D eigenvalue weighted by molar-refractivity contribution is 6.31. The second-order valence-corrected chi connectivity index (χ2v) is 6.68. The number of rotatable bonds is 6. The van der Waals surface area contributed by atoms with Gasteiger partial charge in [-0.05, 0) is 56.2 Å². The van der Waals surface area contributed by atoms with Gasteiger partial charge in [0.2, 0.25) is 0 Å². The number of aliphatic carboxylic acids is 1. The first-order valence-electron chi connectivity index (χ1n) is 8.24. The molecule has 0 bridgehead atoms. The number of likely N-dealkylation sites (tertiary alicyclic amines) is 1. The van der Waals surface area contributed by atoms with Gasteiger partial charge in [0.15, 0.2) is 0 Å². The number of benzene rings is 1. The largest absolute Gasteiger partial charge is 0.480 e. The summed E-state index contributed by atoms with van der Waals surface area (Å²) in [4.78, 5) is 14.9. The van der Waals surface area contributed by atoms with Gasteiger partial charge >= 0.3 is 12.1 Å². The van der Waals surface area contributed by atoms with Gasteiger partial charge in [-0.25, -0.2) is 0 Å². The fourth-order valence-electron chi connectivity index (χ4n) is 3.23. The van der Waals surface area contributed by atoms with Crippen LogP contribution in [0, 0.1) is 0 Å². The zero-order valence-electron chi connectivity index (χ0n) is 14.0. The Morgan fingerprint density at radius 1 is 1.36 bits per heavy atom. The standard InChI is InChI=1S/C17H22ClF3N2O2/c1-2-23(11-16(24)25)14-5-7-22(8-6-14)10-12-9-13(17(19,20)21)3-4-15(12)18/h3-4,9,14H,2,5-8,10-11H2,1H3,(H,24,25). The second-order valence-electron chi connectivity index (χ2n) is 6.27. The monoisotopic (exact) mass is 378 g/mol. The molecule has 1 aliphatic rings. The fraction of sp³-hybridized carbons (Fsp3) is 0.588. The molecule has 1 aromatic rings. The van der Waals surface area contributed by atoms with Gasteiger partial charge in [0.25, 0.3) is 0 Å². The van der Waals surface area contributed by atoms with Gasteiger partial charge in [0.05, 0.1) is 12.1 Å². The Kier molecular flexibility index (Phi) is 6.71. The van der Waals surface area contributed by atoms with E-state index in [1.165, 1.54) is 6.07 Å². The molecule has 1 saturated heterocycles. The number of hydrogen-bond acceptors (Lipinski definition) is 3. The van der Waals surface area contributed by atoms with Crippen LogP contribution in [0.5, 0.6) is 0 Å². The van der Waals surface area contributed by atoms with Gasteiger partial charge in [0, 0.05) is 17.6 Å². The van der Waals surface area contributed by atoms with Crippen molar-refractivity contribution in [3.05, 3.63) is 34.3 Å². The third-order valence-corrected chi connectivity index (χ3v) is 4.95. The minimum atomic E-state index is -4.38. The predicted octanol–water partition coefficient (Wildman–Crippen LogP) is 3.73. The first kappa shape index (κ1) is 20.0. The molecule has 0 atom stereocenters. The average molecular weight is 379 g/mol. The van der Waals surface area contributed by atoms with Gasteiger partial charge in [-0.3, -0.25) is 14.6 Å². The minimum absolute atomic E-state index is 0.0145. The molecular weight excluding hydrogens is 357 g/mol. The van der Waals surface area contributed by atoms with Crippen molar-refractivity contribution < 1.29 is 23.1 Å². The molecule has 1 N–H and O–H groups in total. The van der Waals surface area contributed by atoms with Crippen LogP contribution in [-0.2, 0) is 17.5 Å². The maximum atomic E-state index is 12.9. The number of carbonyl (C=O) groups is 1. The molecule has 0 unspecified atom stereocenters. The van der Waals surface area contributed by atoms with E-state index in [-0.39, 0.29) is 12.6 Å². The van der Waals surface area contributed by atoms with Crippen LogP contribution in [0.15, 0.2) is 18.2 Å². The normalized spacial score (nSPS) is 17.2. The van der Waals surface area contributed by atoms with E-state index in [0.29, 0.717) is 36.8 Å². The van der Waals surface area contributed by atoms with Gasteiger partial charge < -0.3 is 5.11 Å². The lowest BCUT2D eigenvalue weighted by atomic mass is 10.0. The van der Waals surface area contributed by atoms with Crippen molar-refractivity contribution in [3.8, 4) is 0 Å². The number of likely N-dealkylation sites (N-methyl/N-ethyl adjacent to an activating group) is 1. The fourth-order valence-corrected chi connectivity index (χ4v) is 3.41. The van der Waals surface area contributed by atoms with Crippen LogP contribution < -0.4 is 0 Å². The summed E-state index contributed by atoms with van der Waals surface area (Å²) in [5.74, 6) is -0.847. The minimum Gasteiger partial charge on any atom is -0.480 e. The Morgan fingerprint density at radius 2 is 2.00 bits per heavy atom. The number of carboxylic acids is 1. The molecule has 1 heterocycles. The highest BCUT2D eigenvalue weighted by Crippen LogP contribution is 2.32. The summed E-state index contributed by atoms with van der Waals surface area (Å²) in [6.07, 6.45) is -2.81. The number of alkyl halides is 3. The first-order valence-corrected chi connectivity index (χ1v) is 8.62. The zero-order chi connectivity index (χ0) is 18.6. The van der Waals surface area contributed by atoms with Crippen molar-refractivity contribution >= 4 is 17.6 Å². The number of halogens is 4. The molecular formula is C17H22ClF3N2O2. The van der Waals surface area contributed by atoms with E-state index < -0.39 is 17.7 Å². The van der Waals surface area contributed by atoms with Crippen molar-refractivity contribution in [3.63, 3.8) is 0 Å². The Bertz CT molecular complexity index is 602. The third-order valence-electron chi connectivity index (χ3n) is 4.59. The molecule has 0 spiro atoms. The highest BCUT2D eigenvalue weighted by Gasteiger charge is 2.31. The van der Waals surface area contributed by atoms with Crippen molar-refractivity contribution in [1.29, 1.82) is 0 Å². The lowest BCUT2D eigenvalue weighted by Gasteiger charge is -2.37. The highest BCUT2D eigenvalue weighted by atomic mass is 35.5. The molecule has 1 aliphatic heterocycles. The summed E-state index contributed by atoms with van der Waals surface area (Å²) in [7, 11) is 0. The Balaban J connectivity index is 1.97. The quantitative estimate of drug-likeness (QED) is 0.819. The van der Waals surface area contributed by atoms with Crippen molar-refractivity contribution in [2.24, 2.45) is 0 Å². The number of hydrogen-bond donors (Lipinski definition) is 1. The SMILES string of the molecule is CCN(CC(=O)O)C1CCN(Cc2cc(C(F)(F)F)ccc2Cl)CC1. The van der Waals surface area contributed by atoms with Crippen LogP contribution in [-0.4, -0.2) is 53.1 Å². The molecule has 8 heteroatoms. The maximum absolute atomic E-state index is 12.9. The van der Waals surface area contributed by atoms with Crippen molar-refractivity contribution in [1.82, 2.24) is 9.80 Å². The summed E-state index contributed by atoms with van der Waals surface area (Å²) < 4.78 is 38.6. The predicted molar refractivity (Wildman–Crippen MR) is 89.6 cm³/mol. The molecule has 4 nitrogen and oxygen atoms in total. The van der Waals surface area contributed by atoms with E-state index in [0.717, 1.165) is 25.0 Å². The van der Waals surface area contributed by atoms with Crippen LogP contribution in [0.4, 0.5) is 13.2 Å². The maximum Gasteiger partial charge on any atom is 0.416 e. The summed E-state index contributed by atoms with van der Waals surface area (Å²) in [6, 6.07) is 3.58. The molecule has 25 heavy (non-hydrogen) atoms. The molecule has 1 fully saturated rings. The summed E-state index contributed by atoms with van der Waals surface area (Å²) in [5.41, 5.74) is -0.228. The molecule has 2 rings (SSSR count). The van der Waals surface area contributed by atoms with E-state index in [1.54, 1.807) is 0 Å². The molecule has 140 valence electrons. The number of carboxylic acid groups (broad SMARTS) is 1. The molecule has 0 amide bonds. The summed E-state index contributed by atoms with van der Waals surface area (Å²) in [6.45, 7) is 4.37. The van der Waals surface area contributed by atoms with E-state index in [4.69, 9.17) is 16.7 Å². The van der Waals surface area contributed by atoms with E-state index in [2.05, 4.69) is 4.90 Å². The third kappa shape index (κ3) is 5.59. The lowest BCUT2D eigenvalue weighted by molar-refractivity contribution is -0.139. The van der Waals surface area contributed by atoms with E-state index in [9.17, 15) is 18.0 Å². The van der Waals surface area contributed by atoms with Gasteiger partial charge in [-0.15, -0.1) is 0 Å². The molecule has 0 aromatic heterocycles. The van der Waals surface area contributed by atoms with Crippen LogP contribution in [0.2, 0.25) is 5.02 Å².